The van der Waals surface area contributed by atoms with E-state index in [2.05, 4.69) is 10.6 Å². The van der Waals surface area contributed by atoms with Crippen molar-refractivity contribution >= 4 is 23.4 Å². The third kappa shape index (κ3) is 6.71. The lowest BCUT2D eigenvalue weighted by Gasteiger charge is -2.37. The summed E-state index contributed by atoms with van der Waals surface area (Å²) >= 11 is 0. The Balaban J connectivity index is 1.86. The van der Waals surface area contributed by atoms with Crippen molar-refractivity contribution in [3.63, 3.8) is 0 Å². The second-order valence-electron chi connectivity index (χ2n) is 7.00. The quantitative estimate of drug-likeness (QED) is 0.741. The van der Waals surface area contributed by atoms with Crippen LogP contribution in [0.3, 0.4) is 0 Å². The fourth-order valence-corrected chi connectivity index (χ4v) is 2.99. The number of rotatable bonds is 6. The number of urea groups is 1. The van der Waals surface area contributed by atoms with Crippen molar-refractivity contribution in [2.75, 3.05) is 29.9 Å². The zero-order chi connectivity index (χ0) is 20.0. The number of amides is 2. The van der Waals surface area contributed by atoms with E-state index in [1.807, 2.05) is 18.7 Å². The first kappa shape index (κ1) is 21.0. The average molecular weight is 381 g/mol. The molecule has 1 fully saturated rings. The molecular formula is C19H28FN3O4. The van der Waals surface area contributed by atoms with Crippen molar-refractivity contribution in [1.29, 1.82) is 0 Å². The number of nitrogens with zero attached hydrogens (tertiary/aromatic N) is 1. The Morgan fingerprint density at radius 2 is 1.96 bits per heavy atom. The molecule has 0 unspecified atom stereocenters. The molecule has 1 aromatic rings. The Kier molecular flexibility index (Phi) is 7.41. The molecule has 1 heterocycles. The minimum Gasteiger partial charge on any atom is -0.463 e. The van der Waals surface area contributed by atoms with Gasteiger partial charge in [0.25, 0.3) is 0 Å². The summed E-state index contributed by atoms with van der Waals surface area (Å²) in [7, 11) is 0. The van der Waals surface area contributed by atoms with Gasteiger partial charge < -0.3 is 25.0 Å². The Morgan fingerprint density at radius 3 is 2.56 bits per heavy atom. The summed E-state index contributed by atoms with van der Waals surface area (Å²) in [6, 6.07) is 4.08. The van der Waals surface area contributed by atoms with Gasteiger partial charge in [-0.15, -0.1) is 0 Å². The SMILES string of the molecule is CC(C)OC(=O)CCNC(=O)Nc1ccc(N2C[C@H](C)O[C@@H](C)C2)c(F)c1. The van der Waals surface area contributed by atoms with E-state index in [-0.39, 0.29) is 37.2 Å². The van der Waals surface area contributed by atoms with Crippen molar-refractivity contribution in [1.82, 2.24) is 5.32 Å². The fourth-order valence-electron chi connectivity index (χ4n) is 2.99. The average Bonchev–Trinajstić information content (AvgIpc) is 2.53. The third-order valence-electron chi connectivity index (χ3n) is 3.95. The highest BCUT2D eigenvalue weighted by Gasteiger charge is 2.24. The lowest BCUT2D eigenvalue weighted by molar-refractivity contribution is -0.147. The molecule has 8 heteroatoms. The van der Waals surface area contributed by atoms with Gasteiger partial charge in [-0.1, -0.05) is 0 Å². The molecule has 2 rings (SSSR count). The summed E-state index contributed by atoms with van der Waals surface area (Å²) in [4.78, 5) is 25.2. The largest absolute Gasteiger partial charge is 0.463 e. The molecule has 2 N–H and O–H groups in total. The molecule has 0 aliphatic carbocycles. The number of benzene rings is 1. The van der Waals surface area contributed by atoms with E-state index in [1.54, 1.807) is 26.0 Å². The van der Waals surface area contributed by atoms with E-state index >= 15 is 0 Å². The van der Waals surface area contributed by atoms with Crippen LogP contribution in [0.5, 0.6) is 0 Å². The predicted molar refractivity (Wildman–Crippen MR) is 101 cm³/mol. The molecule has 7 nitrogen and oxygen atoms in total. The van der Waals surface area contributed by atoms with E-state index < -0.39 is 11.8 Å². The van der Waals surface area contributed by atoms with E-state index in [1.165, 1.54) is 6.07 Å². The van der Waals surface area contributed by atoms with Crippen LogP contribution in [0.1, 0.15) is 34.1 Å². The van der Waals surface area contributed by atoms with Crippen LogP contribution in [0.15, 0.2) is 18.2 Å². The number of carbonyl (C=O) groups is 2. The number of nitrogens with one attached hydrogen (secondary N) is 2. The zero-order valence-electron chi connectivity index (χ0n) is 16.3. The highest BCUT2D eigenvalue weighted by atomic mass is 19.1. The van der Waals surface area contributed by atoms with Gasteiger partial charge >= 0.3 is 12.0 Å². The summed E-state index contributed by atoms with van der Waals surface area (Å²) in [5.74, 6) is -0.788. The molecule has 0 aromatic heterocycles. The van der Waals surface area contributed by atoms with E-state index in [0.29, 0.717) is 24.5 Å². The fraction of sp³-hybridized carbons (Fsp3) is 0.579. The summed E-state index contributed by atoms with van der Waals surface area (Å²) < 4.78 is 25.1. The summed E-state index contributed by atoms with van der Waals surface area (Å²) in [6.45, 7) is 8.79. The minimum atomic E-state index is -0.506. The number of halogens is 1. The first-order chi connectivity index (χ1) is 12.7. The first-order valence-corrected chi connectivity index (χ1v) is 9.19. The number of hydrogen-bond donors (Lipinski definition) is 2. The molecule has 150 valence electrons. The highest BCUT2D eigenvalue weighted by molar-refractivity contribution is 5.89. The van der Waals surface area contributed by atoms with E-state index in [9.17, 15) is 14.0 Å². The standard InChI is InChI=1S/C19H28FN3O4/c1-12(2)26-18(24)7-8-21-19(25)22-15-5-6-17(16(20)9-15)23-10-13(3)27-14(4)11-23/h5-6,9,12-14H,7-8,10-11H2,1-4H3,(H2,21,22,25)/t13-,14-/m0/s1. The Hall–Kier alpha value is -2.35. The van der Waals surface area contributed by atoms with Crippen molar-refractivity contribution < 1.29 is 23.5 Å². The maximum atomic E-state index is 14.5. The minimum absolute atomic E-state index is 0.0270. The van der Waals surface area contributed by atoms with Gasteiger partial charge in [0.05, 0.1) is 30.4 Å². The van der Waals surface area contributed by atoms with Gasteiger partial charge in [0.1, 0.15) is 5.82 Å². The van der Waals surface area contributed by atoms with Crippen LogP contribution in [0, 0.1) is 5.82 Å². The van der Waals surface area contributed by atoms with Gasteiger partial charge in [-0.25, -0.2) is 9.18 Å². The normalized spacial score (nSPS) is 19.7. The van der Waals surface area contributed by atoms with Crippen LogP contribution in [0.2, 0.25) is 0 Å². The molecule has 1 saturated heterocycles. The topological polar surface area (TPSA) is 79.9 Å². The maximum absolute atomic E-state index is 14.5. The molecule has 0 radical (unpaired) electrons. The van der Waals surface area contributed by atoms with Crippen LogP contribution >= 0.6 is 0 Å². The second kappa shape index (κ2) is 9.55. The van der Waals surface area contributed by atoms with Crippen LogP contribution in [0.25, 0.3) is 0 Å². The third-order valence-corrected chi connectivity index (χ3v) is 3.95. The van der Waals surface area contributed by atoms with E-state index in [4.69, 9.17) is 9.47 Å². The predicted octanol–water partition coefficient (Wildman–Crippen LogP) is 2.90. The number of hydrogen-bond acceptors (Lipinski definition) is 5. The molecule has 1 aliphatic rings. The zero-order valence-corrected chi connectivity index (χ0v) is 16.3. The van der Waals surface area contributed by atoms with Gasteiger partial charge in [-0.05, 0) is 45.9 Å². The lowest BCUT2D eigenvalue weighted by atomic mass is 10.2. The molecular weight excluding hydrogens is 353 g/mol. The number of morpholine rings is 1. The van der Waals surface area contributed by atoms with Gasteiger partial charge in [0.15, 0.2) is 0 Å². The molecule has 27 heavy (non-hydrogen) atoms. The molecule has 0 saturated carbocycles. The summed E-state index contributed by atoms with van der Waals surface area (Å²) in [5, 5.41) is 5.10. The van der Waals surface area contributed by atoms with Crippen molar-refractivity contribution in [2.45, 2.75) is 52.4 Å². The summed E-state index contributed by atoms with van der Waals surface area (Å²) in [5.41, 5.74) is 0.826. The Morgan fingerprint density at radius 1 is 1.30 bits per heavy atom. The smallest absolute Gasteiger partial charge is 0.319 e. The number of esters is 1. The van der Waals surface area contributed by atoms with Crippen molar-refractivity contribution in [3.05, 3.63) is 24.0 Å². The van der Waals surface area contributed by atoms with E-state index in [0.717, 1.165) is 0 Å². The van der Waals surface area contributed by atoms with Gasteiger partial charge in [-0.2, -0.15) is 0 Å². The molecule has 1 aliphatic heterocycles. The van der Waals surface area contributed by atoms with Gasteiger partial charge in [-0.3, -0.25) is 4.79 Å². The summed E-state index contributed by atoms with van der Waals surface area (Å²) in [6.07, 6.45) is -0.0600. The van der Waals surface area contributed by atoms with Crippen LogP contribution < -0.4 is 15.5 Å². The first-order valence-electron chi connectivity index (χ1n) is 9.19. The molecule has 2 amide bonds. The van der Waals surface area contributed by atoms with Crippen molar-refractivity contribution in [2.24, 2.45) is 0 Å². The molecule has 0 bridgehead atoms. The van der Waals surface area contributed by atoms with Gasteiger partial charge in [0, 0.05) is 25.3 Å². The molecule has 2 atom stereocenters. The highest BCUT2D eigenvalue weighted by Crippen LogP contribution is 2.26. The van der Waals surface area contributed by atoms with Crippen LogP contribution in [0.4, 0.5) is 20.6 Å². The number of ether oxygens (including phenoxy) is 2. The van der Waals surface area contributed by atoms with Crippen molar-refractivity contribution in [3.8, 4) is 0 Å². The van der Waals surface area contributed by atoms with Gasteiger partial charge in [0.2, 0.25) is 0 Å². The number of anilines is 2. The van der Waals surface area contributed by atoms with Crippen LogP contribution in [-0.2, 0) is 14.3 Å². The molecule has 1 aromatic carbocycles. The monoisotopic (exact) mass is 381 g/mol. The Labute approximate surface area is 159 Å². The van der Waals surface area contributed by atoms with Crippen LogP contribution in [-0.4, -0.2) is 49.9 Å². The Bertz CT molecular complexity index is 658. The molecule has 0 spiro atoms. The number of carbonyl (C=O) groups excluding carboxylic acids is 2. The lowest BCUT2D eigenvalue weighted by Crippen LogP contribution is -2.45. The second-order valence-corrected chi connectivity index (χ2v) is 7.00. The maximum Gasteiger partial charge on any atom is 0.319 e.